The lowest BCUT2D eigenvalue weighted by atomic mass is 9.62. The van der Waals surface area contributed by atoms with E-state index in [4.69, 9.17) is 16.0 Å². The molecule has 2 aromatic heterocycles. The molecule has 3 aliphatic rings. The molecule has 3 fully saturated rings. The van der Waals surface area contributed by atoms with Crippen molar-refractivity contribution < 1.29 is 13.6 Å². The van der Waals surface area contributed by atoms with Gasteiger partial charge in [0.15, 0.2) is 17.4 Å². The summed E-state index contributed by atoms with van der Waals surface area (Å²) in [4.78, 5) is 19.7. The summed E-state index contributed by atoms with van der Waals surface area (Å²) in [6, 6.07) is 8.96. The van der Waals surface area contributed by atoms with E-state index in [-0.39, 0.29) is 34.5 Å². The highest BCUT2D eigenvalue weighted by Gasteiger charge is 2.44. The first-order valence-corrected chi connectivity index (χ1v) is 9.88. The molecule has 3 saturated carbocycles. The fraction of sp³-hybridized carbons (Fsp3) is 0.381. The van der Waals surface area contributed by atoms with E-state index in [0.29, 0.717) is 17.4 Å². The van der Waals surface area contributed by atoms with E-state index in [1.807, 2.05) is 24.3 Å². The molecule has 143 valence electrons. The molecular weight excluding hydrogens is 381 g/mol. The van der Waals surface area contributed by atoms with Crippen molar-refractivity contribution in [1.29, 1.82) is 0 Å². The van der Waals surface area contributed by atoms with Gasteiger partial charge < -0.3 is 9.73 Å². The highest BCUT2D eigenvalue weighted by Crippen LogP contribution is 2.45. The second kappa shape index (κ2) is 6.85. The van der Waals surface area contributed by atoms with Crippen molar-refractivity contribution in [2.45, 2.75) is 31.7 Å². The molecule has 0 amide bonds. The fourth-order valence-corrected chi connectivity index (χ4v) is 4.93. The third-order valence-corrected chi connectivity index (χ3v) is 6.31. The molecule has 2 bridgehead atoms. The van der Waals surface area contributed by atoms with E-state index in [0.717, 1.165) is 31.1 Å². The van der Waals surface area contributed by atoms with Crippen molar-refractivity contribution in [2.75, 3.05) is 5.32 Å². The van der Waals surface area contributed by atoms with E-state index in [9.17, 15) is 4.79 Å². The van der Waals surface area contributed by atoms with Gasteiger partial charge in [-0.2, -0.15) is 4.98 Å². The van der Waals surface area contributed by atoms with Crippen LogP contribution < -0.4 is 5.32 Å². The Hall–Kier alpha value is -2.47. The van der Waals surface area contributed by atoms with E-state index >= 15 is 4.39 Å². The molecule has 0 saturated heterocycles. The summed E-state index contributed by atoms with van der Waals surface area (Å²) in [7, 11) is 0. The van der Waals surface area contributed by atoms with Gasteiger partial charge in [-0.3, -0.25) is 4.79 Å². The van der Waals surface area contributed by atoms with E-state index < -0.39 is 5.82 Å². The second-order valence-electron chi connectivity index (χ2n) is 7.64. The lowest BCUT2D eigenvalue weighted by Crippen LogP contribution is -2.49. The Morgan fingerprint density at radius 3 is 2.64 bits per heavy atom. The number of nitrogens with one attached hydrogen (secondary N) is 1. The minimum Gasteiger partial charge on any atom is -0.454 e. The molecule has 0 spiro atoms. The third-order valence-electron chi connectivity index (χ3n) is 6.14. The van der Waals surface area contributed by atoms with Gasteiger partial charge in [0, 0.05) is 17.3 Å². The summed E-state index contributed by atoms with van der Waals surface area (Å²) in [6.45, 7) is 0. The van der Waals surface area contributed by atoms with Crippen LogP contribution in [0.5, 0.6) is 0 Å². The second-order valence-corrected chi connectivity index (χ2v) is 7.98. The molecule has 5 nitrogen and oxygen atoms in total. The van der Waals surface area contributed by atoms with E-state index in [2.05, 4.69) is 21.6 Å². The Bertz CT molecular complexity index is 1010. The molecule has 1 N–H and O–H groups in total. The number of para-hydroxylation sites is 1. The predicted octanol–water partition coefficient (Wildman–Crippen LogP) is 5.01. The Labute approximate surface area is 166 Å². The molecule has 1 radical (unpaired) electrons. The van der Waals surface area contributed by atoms with Gasteiger partial charge in [-0.15, -0.1) is 0 Å². The van der Waals surface area contributed by atoms with Gasteiger partial charge in [-0.1, -0.05) is 18.2 Å². The minimum absolute atomic E-state index is 0.00583. The molecule has 7 heteroatoms. The molecule has 1 aromatic carbocycles. The molecule has 3 aliphatic carbocycles. The highest BCUT2D eigenvalue weighted by atomic mass is 35.5. The van der Waals surface area contributed by atoms with Crippen LogP contribution in [0.15, 0.2) is 34.7 Å². The van der Waals surface area contributed by atoms with Gasteiger partial charge in [0.05, 0.1) is 0 Å². The van der Waals surface area contributed by atoms with Crippen LogP contribution in [-0.2, 0) is 4.79 Å². The minimum atomic E-state index is -0.630. The van der Waals surface area contributed by atoms with Gasteiger partial charge in [0.1, 0.15) is 11.3 Å². The van der Waals surface area contributed by atoms with Gasteiger partial charge in [0.2, 0.25) is 11.6 Å². The number of anilines is 1. The number of benzene rings is 1. The number of hydrogen-bond acceptors (Lipinski definition) is 5. The van der Waals surface area contributed by atoms with Crippen molar-refractivity contribution >= 4 is 34.7 Å². The number of rotatable bonds is 4. The summed E-state index contributed by atoms with van der Waals surface area (Å²) < 4.78 is 21.0. The van der Waals surface area contributed by atoms with Crippen molar-refractivity contribution in [3.8, 4) is 11.5 Å². The molecule has 28 heavy (non-hydrogen) atoms. The van der Waals surface area contributed by atoms with Gasteiger partial charge in [-0.05, 0) is 61.3 Å². The van der Waals surface area contributed by atoms with Crippen LogP contribution in [0.1, 0.15) is 25.7 Å². The van der Waals surface area contributed by atoms with Gasteiger partial charge in [0.25, 0.3) is 0 Å². The van der Waals surface area contributed by atoms with Crippen LogP contribution in [0.2, 0.25) is 5.28 Å². The lowest BCUT2D eigenvalue weighted by Gasteiger charge is -2.46. The van der Waals surface area contributed by atoms with Crippen LogP contribution in [0.25, 0.3) is 22.4 Å². The Kier molecular flexibility index (Phi) is 4.31. The Balaban J connectivity index is 1.53. The molecule has 2 atom stereocenters. The van der Waals surface area contributed by atoms with Crippen molar-refractivity contribution in [2.24, 2.45) is 17.8 Å². The first-order valence-electron chi connectivity index (χ1n) is 9.50. The number of aromatic nitrogens is 2. The maximum Gasteiger partial charge on any atom is 0.225 e. The summed E-state index contributed by atoms with van der Waals surface area (Å²) >= 11 is 6.09. The number of furan rings is 1. The number of fused-ring (bicyclic) bond motifs is 4. The summed E-state index contributed by atoms with van der Waals surface area (Å²) in [6.07, 6.45) is 6.28. The average molecular weight is 399 g/mol. The largest absolute Gasteiger partial charge is 0.454 e. The highest BCUT2D eigenvalue weighted by molar-refractivity contribution is 6.28. The monoisotopic (exact) mass is 398 g/mol. The summed E-state index contributed by atoms with van der Waals surface area (Å²) in [5.41, 5.74) is 0.646. The smallest absolute Gasteiger partial charge is 0.225 e. The number of halogens is 2. The first kappa shape index (κ1) is 17.6. The Morgan fingerprint density at radius 2 is 1.89 bits per heavy atom. The quantitative estimate of drug-likeness (QED) is 0.626. The first-order chi connectivity index (χ1) is 13.6. The molecule has 0 aliphatic heterocycles. The van der Waals surface area contributed by atoms with Crippen LogP contribution in [0.4, 0.5) is 10.2 Å². The predicted molar refractivity (Wildman–Crippen MR) is 104 cm³/mol. The number of carbonyl (C=O) groups excluding carboxylic acids is 1. The summed E-state index contributed by atoms with van der Waals surface area (Å²) in [5.74, 6) is 0.0160. The Morgan fingerprint density at radius 1 is 1.14 bits per heavy atom. The van der Waals surface area contributed by atoms with Crippen LogP contribution in [-0.4, -0.2) is 22.3 Å². The normalized spacial score (nSPS) is 26.5. The van der Waals surface area contributed by atoms with Crippen LogP contribution in [0.3, 0.4) is 0 Å². The third kappa shape index (κ3) is 2.87. The summed E-state index contributed by atoms with van der Waals surface area (Å²) in [5, 5.41) is 3.92. The van der Waals surface area contributed by atoms with Gasteiger partial charge >= 0.3 is 0 Å². The number of hydrogen-bond donors (Lipinski definition) is 1. The van der Waals surface area contributed by atoms with Crippen molar-refractivity contribution in [1.82, 2.24) is 9.97 Å². The van der Waals surface area contributed by atoms with Crippen LogP contribution >= 0.6 is 11.6 Å². The molecular formula is C21H18ClFN3O2. The van der Waals surface area contributed by atoms with E-state index in [1.54, 1.807) is 6.07 Å². The fourth-order valence-electron chi connectivity index (χ4n) is 4.76. The maximum atomic E-state index is 15.3. The molecule has 6 rings (SSSR count). The van der Waals surface area contributed by atoms with Gasteiger partial charge in [-0.25, -0.2) is 9.37 Å². The maximum absolute atomic E-state index is 15.3. The molecule has 3 aromatic rings. The van der Waals surface area contributed by atoms with E-state index in [1.165, 1.54) is 0 Å². The van der Waals surface area contributed by atoms with Crippen LogP contribution in [0, 0.1) is 23.6 Å². The average Bonchev–Trinajstić information content (AvgIpc) is 3.15. The lowest BCUT2D eigenvalue weighted by molar-refractivity contribution is 0.118. The van der Waals surface area contributed by atoms with Crippen molar-refractivity contribution in [3.05, 3.63) is 41.4 Å². The standard InChI is InChI=1S/C21H18ClFN3O2/c22-21-25-19(16-9-13-3-1-2-4-15(13)28-16)17(23)20(26-21)24-18-12-7-5-11(6-8-12)14(18)10-27/h1-4,9,11-12,14,18H,5-8H2,(H,24,25,26). The molecule has 2 heterocycles. The van der Waals surface area contributed by atoms with Crippen molar-refractivity contribution in [3.63, 3.8) is 0 Å². The zero-order valence-corrected chi connectivity index (χ0v) is 15.7. The molecule has 2 unspecified atom stereocenters. The zero-order valence-electron chi connectivity index (χ0n) is 15.0. The SMILES string of the molecule is O=[C]C1C2CCC(CC2)C1Nc1nc(Cl)nc(-c2cc3ccccc3o2)c1F. The zero-order chi connectivity index (χ0) is 19.3. The number of nitrogens with zero attached hydrogens (tertiary/aromatic N) is 2. The topological polar surface area (TPSA) is 68.0 Å².